The first kappa shape index (κ1) is 9.72. The number of thiazole rings is 1. The van der Waals surface area contributed by atoms with Crippen LogP contribution in [0.1, 0.15) is 16.1 Å². The number of carbonyl (C=O) groups is 1. The van der Waals surface area contributed by atoms with Gasteiger partial charge in [0.2, 0.25) is 0 Å². The molecule has 0 aromatic carbocycles. The average Bonchev–Trinajstić information content (AvgIpc) is 2.86. The molecule has 2 heterocycles. The zero-order valence-electron chi connectivity index (χ0n) is 7.64. The number of nitrogens with zero attached hydrogens (tertiary/aromatic N) is 1. The van der Waals surface area contributed by atoms with Crippen LogP contribution in [0.4, 0.5) is 5.13 Å². The van der Waals surface area contributed by atoms with E-state index in [1.165, 1.54) is 23.7 Å². The van der Waals surface area contributed by atoms with Gasteiger partial charge < -0.3 is 14.8 Å². The van der Waals surface area contributed by atoms with Gasteiger partial charge in [0.15, 0.2) is 5.13 Å². The standard InChI is InChI=1S/C9H8N2O3S/c12-8(13)6-3-7(14-5-6)4-11-9-10-1-2-15-9/h1-3,5H,4H2,(H,10,11)(H,12,13). The fourth-order valence-corrected chi connectivity index (χ4v) is 1.59. The maximum Gasteiger partial charge on any atom is 0.338 e. The summed E-state index contributed by atoms with van der Waals surface area (Å²) in [5, 5.41) is 14.3. The molecular weight excluding hydrogens is 216 g/mol. The lowest BCUT2D eigenvalue weighted by atomic mass is 10.3. The number of carboxylic acid groups (broad SMARTS) is 1. The largest absolute Gasteiger partial charge is 0.478 e. The number of aromatic carboxylic acids is 1. The smallest absolute Gasteiger partial charge is 0.338 e. The fraction of sp³-hybridized carbons (Fsp3) is 0.111. The van der Waals surface area contributed by atoms with Gasteiger partial charge in [-0.15, -0.1) is 11.3 Å². The summed E-state index contributed by atoms with van der Waals surface area (Å²) in [6, 6.07) is 1.49. The highest BCUT2D eigenvalue weighted by atomic mass is 32.1. The molecule has 0 aliphatic carbocycles. The summed E-state index contributed by atoms with van der Waals surface area (Å²) < 4.78 is 5.06. The summed E-state index contributed by atoms with van der Waals surface area (Å²) in [7, 11) is 0. The molecule has 0 saturated carbocycles. The molecule has 0 bridgehead atoms. The SMILES string of the molecule is O=C(O)c1coc(CNc2nccs2)c1. The molecule has 2 rings (SSSR count). The molecule has 0 aliphatic rings. The van der Waals surface area contributed by atoms with Crippen LogP contribution in [-0.2, 0) is 6.54 Å². The summed E-state index contributed by atoms with van der Waals surface area (Å²) in [5.41, 5.74) is 0.158. The maximum absolute atomic E-state index is 10.6. The van der Waals surface area contributed by atoms with Gasteiger partial charge >= 0.3 is 5.97 Å². The van der Waals surface area contributed by atoms with Crippen LogP contribution in [0.3, 0.4) is 0 Å². The summed E-state index contributed by atoms with van der Waals surface area (Å²) in [6.45, 7) is 0.431. The van der Waals surface area contributed by atoms with Gasteiger partial charge in [0.25, 0.3) is 0 Å². The average molecular weight is 224 g/mol. The van der Waals surface area contributed by atoms with E-state index < -0.39 is 5.97 Å². The monoisotopic (exact) mass is 224 g/mol. The van der Waals surface area contributed by atoms with Crippen LogP contribution < -0.4 is 5.32 Å². The molecule has 0 saturated heterocycles. The van der Waals surface area contributed by atoms with Gasteiger partial charge in [-0.05, 0) is 6.07 Å². The van der Waals surface area contributed by atoms with Crippen LogP contribution in [0.5, 0.6) is 0 Å². The molecule has 0 unspecified atom stereocenters. The van der Waals surface area contributed by atoms with E-state index in [1.54, 1.807) is 6.20 Å². The molecule has 15 heavy (non-hydrogen) atoms. The van der Waals surface area contributed by atoms with Gasteiger partial charge in [-0.25, -0.2) is 9.78 Å². The lowest BCUT2D eigenvalue weighted by Gasteiger charge is -1.97. The molecule has 0 aliphatic heterocycles. The molecule has 0 spiro atoms. The second-order valence-electron chi connectivity index (χ2n) is 2.80. The molecule has 0 radical (unpaired) electrons. The number of hydrogen-bond donors (Lipinski definition) is 2. The van der Waals surface area contributed by atoms with Crippen molar-refractivity contribution in [3.8, 4) is 0 Å². The molecule has 2 N–H and O–H groups in total. The van der Waals surface area contributed by atoms with Crippen molar-refractivity contribution in [2.75, 3.05) is 5.32 Å². The Hall–Kier alpha value is -1.82. The highest BCUT2D eigenvalue weighted by Gasteiger charge is 2.07. The van der Waals surface area contributed by atoms with Crippen LogP contribution in [0, 0.1) is 0 Å². The minimum absolute atomic E-state index is 0.158. The predicted molar refractivity (Wildman–Crippen MR) is 55.1 cm³/mol. The molecule has 0 amide bonds. The summed E-state index contributed by atoms with van der Waals surface area (Å²) >= 11 is 1.48. The topological polar surface area (TPSA) is 75.4 Å². The third kappa shape index (κ3) is 2.35. The van der Waals surface area contributed by atoms with Crippen LogP contribution in [0.25, 0.3) is 0 Å². The van der Waals surface area contributed by atoms with E-state index in [0.717, 1.165) is 5.13 Å². The van der Waals surface area contributed by atoms with Gasteiger partial charge in [-0.1, -0.05) is 0 Å². The van der Waals surface area contributed by atoms with E-state index >= 15 is 0 Å². The lowest BCUT2D eigenvalue weighted by molar-refractivity contribution is 0.0696. The van der Waals surface area contributed by atoms with Crippen molar-refractivity contribution in [3.05, 3.63) is 35.2 Å². The van der Waals surface area contributed by atoms with Crippen LogP contribution >= 0.6 is 11.3 Å². The number of carboxylic acids is 1. The number of anilines is 1. The molecule has 2 aromatic rings. The number of nitrogens with one attached hydrogen (secondary N) is 1. The summed E-state index contributed by atoms with van der Waals surface area (Å²) in [6.07, 6.45) is 2.92. The van der Waals surface area contributed by atoms with E-state index in [-0.39, 0.29) is 5.56 Å². The van der Waals surface area contributed by atoms with Crippen molar-refractivity contribution < 1.29 is 14.3 Å². The Morgan fingerprint density at radius 3 is 3.13 bits per heavy atom. The fourth-order valence-electron chi connectivity index (χ4n) is 1.06. The Morgan fingerprint density at radius 2 is 2.53 bits per heavy atom. The van der Waals surface area contributed by atoms with Gasteiger partial charge in [0.05, 0.1) is 12.1 Å². The van der Waals surface area contributed by atoms with E-state index in [9.17, 15) is 4.79 Å². The normalized spacial score (nSPS) is 10.1. The third-order valence-corrected chi connectivity index (χ3v) is 2.48. The summed E-state index contributed by atoms with van der Waals surface area (Å²) in [5.74, 6) is -0.415. The van der Waals surface area contributed by atoms with Gasteiger partial charge in [0.1, 0.15) is 12.0 Å². The molecule has 6 heteroatoms. The number of aromatic nitrogens is 1. The first-order valence-corrected chi connectivity index (χ1v) is 5.08. The second-order valence-corrected chi connectivity index (χ2v) is 3.69. The maximum atomic E-state index is 10.6. The van der Waals surface area contributed by atoms with E-state index in [1.807, 2.05) is 5.38 Å². The second kappa shape index (κ2) is 4.14. The number of rotatable bonds is 4. The van der Waals surface area contributed by atoms with Gasteiger partial charge in [-0.2, -0.15) is 0 Å². The third-order valence-electron chi connectivity index (χ3n) is 1.75. The molecule has 5 nitrogen and oxygen atoms in total. The van der Waals surface area contributed by atoms with Gasteiger partial charge in [-0.3, -0.25) is 0 Å². The quantitative estimate of drug-likeness (QED) is 0.831. The van der Waals surface area contributed by atoms with Crippen molar-refractivity contribution in [2.45, 2.75) is 6.54 Å². The molecule has 78 valence electrons. The van der Waals surface area contributed by atoms with Crippen LogP contribution in [-0.4, -0.2) is 16.1 Å². The zero-order chi connectivity index (χ0) is 10.7. The highest BCUT2D eigenvalue weighted by Crippen LogP contribution is 2.13. The van der Waals surface area contributed by atoms with Crippen LogP contribution in [0.2, 0.25) is 0 Å². The first-order valence-electron chi connectivity index (χ1n) is 4.20. The molecule has 0 atom stereocenters. The predicted octanol–water partition coefficient (Wildman–Crippen LogP) is 2.05. The minimum Gasteiger partial charge on any atom is -0.478 e. The first-order chi connectivity index (χ1) is 7.25. The van der Waals surface area contributed by atoms with E-state index in [2.05, 4.69) is 10.3 Å². The van der Waals surface area contributed by atoms with E-state index in [4.69, 9.17) is 9.52 Å². The van der Waals surface area contributed by atoms with Crippen molar-refractivity contribution in [3.63, 3.8) is 0 Å². The van der Waals surface area contributed by atoms with Crippen molar-refractivity contribution in [2.24, 2.45) is 0 Å². The molecule has 0 fully saturated rings. The number of hydrogen-bond acceptors (Lipinski definition) is 5. The Labute approximate surface area is 89.4 Å². The molecular formula is C9H8N2O3S. The Kier molecular flexibility index (Phi) is 2.68. The zero-order valence-corrected chi connectivity index (χ0v) is 8.45. The van der Waals surface area contributed by atoms with Crippen LogP contribution in [0.15, 0.2) is 28.3 Å². The summed E-state index contributed by atoms with van der Waals surface area (Å²) in [4.78, 5) is 14.6. The van der Waals surface area contributed by atoms with Gasteiger partial charge in [0, 0.05) is 11.6 Å². The van der Waals surface area contributed by atoms with E-state index in [0.29, 0.717) is 12.3 Å². The highest BCUT2D eigenvalue weighted by molar-refractivity contribution is 7.13. The Morgan fingerprint density at radius 1 is 1.67 bits per heavy atom. The van der Waals surface area contributed by atoms with Crippen molar-refractivity contribution in [1.29, 1.82) is 0 Å². The minimum atomic E-state index is -0.987. The Bertz CT molecular complexity index is 450. The lowest BCUT2D eigenvalue weighted by Crippen LogP contribution is -1.97. The van der Waals surface area contributed by atoms with Crippen molar-refractivity contribution >= 4 is 22.4 Å². The Balaban J connectivity index is 1.96. The molecule has 2 aromatic heterocycles. The number of furan rings is 1. The van der Waals surface area contributed by atoms with Crippen molar-refractivity contribution in [1.82, 2.24) is 4.98 Å².